The molecule has 0 fully saturated rings. The minimum Gasteiger partial charge on any atom is -0.493 e. The van der Waals surface area contributed by atoms with Gasteiger partial charge in [0.15, 0.2) is 23.0 Å². The first-order chi connectivity index (χ1) is 13.6. The zero-order valence-electron chi connectivity index (χ0n) is 16.5. The highest BCUT2D eigenvalue weighted by Gasteiger charge is 2.22. The van der Waals surface area contributed by atoms with Crippen LogP contribution in [0.15, 0.2) is 36.5 Å². The summed E-state index contributed by atoms with van der Waals surface area (Å²) in [6, 6.07) is 8.91. The fourth-order valence-corrected chi connectivity index (χ4v) is 3.16. The molecule has 0 amide bonds. The molecule has 0 radical (unpaired) electrons. The average molecular weight is 385 g/mol. The molecular weight excluding hydrogens is 362 g/mol. The summed E-state index contributed by atoms with van der Waals surface area (Å²) in [4.78, 5) is 4.41. The molecule has 1 unspecified atom stereocenters. The third-order valence-corrected chi connectivity index (χ3v) is 4.56. The van der Waals surface area contributed by atoms with Gasteiger partial charge in [-0.2, -0.15) is 0 Å². The molecule has 148 valence electrons. The number of aliphatic hydroxyl groups is 1. The Morgan fingerprint density at radius 3 is 1.86 bits per heavy atom. The van der Waals surface area contributed by atoms with Gasteiger partial charge in [-0.25, -0.2) is 0 Å². The molecular formula is C21H23NO6. The number of benzene rings is 2. The molecule has 0 aliphatic carbocycles. The number of hydrogen-bond acceptors (Lipinski definition) is 7. The Balaban J connectivity index is 2.17. The van der Waals surface area contributed by atoms with Crippen LogP contribution in [0.25, 0.3) is 10.8 Å². The van der Waals surface area contributed by atoms with E-state index in [0.717, 1.165) is 10.8 Å². The molecule has 0 spiro atoms. The van der Waals surface area contributed by atoms with E-state index in [1.165, 1.54) is 21.3 Å². The van der Waals surface area contributed by atoms with Crippen molar-refractivity contribution in [1.82, 2.24) is 4.98 Å². The van der Waals surface area contributed by atoms with Crippen LogP contribution in [0.2, 0.25) is 0 Å². The first-order valence-corrected chi connectivity index (χ1v) is 8.56. The molecule has 0 bridgehead atoms. The molecule has 0 aliphatic rings. The van der Waals surface area contributed by atoms with Gasteiger partial charge in [0.05, 0.1) is 41.2 Å². The largest absolute Gasteiger partial charge is 0.493 e. The third kappa shape index (κ3) is 3.36. The van der Waals surface area contributed by atoms with Gasteiger partial charge in [-0.05, 0) is 41.3 Å². The van der Waals surface area contributed by atoms with Crippen molar-refractivity contribution in [1.29, 1.82) is 0 Å². The topological polar surface area (TPSA) is 79.3 Å². The van der Waals surface area contributed by atoms with Crippen LogP contribution in [0, 0.1) is 0 Å². The normalized spacial score (nSPS) is 11.8. The van der Waals surface area contributed by atoms with Crippen LogP contribution in [-0.4, -0.2) is 45.6 Å². The highest BCUT2D eigenvalue weighted by molar-refractivity contribution is 5.88. The van der Waals surface area contributed by atoms with E-state index in [9.17, 15) is 5.11 Å². The Bertz CT molecular complexity index is 963. The lowest BCUT2D eigenvalue weighted by Gasteiger charge is -2.18. The third-order valence-electron chi connectivity index (χ3n) is 4.56. The van der Waals surface area contributed by atoms with E-state index in [1.54, 1.807) is 38.6 Å². The number of methoxy groups -OCH3 is 5. The van der Waals surface area contributed by atoms with Gasteiger partial charge in [-0.15, -0.1) is 0 Å². The zero-order chi connectivity index (χ0) is 20.3. The van der Waals surface area contributed by atoms with Gasteiger partial charge in [0, 0.05) is 11.6 Å². The monoisotopic (exact) mass is 385 g/mol. The number of aliphatic hydroxyl groups excluding tert-OH is 1. The fourth-order valence-electron chi connectivity index (χ4n) is 3.16. The van der Waals surface area contributed by atoms with Gasteiger partial charge >= 0.3 is 0 Å². The van der Waals surface area contributed by atoms with Gasteiger partial charge in [-0.1, -0.05) is 0 Å². The summed E-state index contributed by atoms with van der Waals surface area (Å²) in [5.74, 6) is 2.53. The zero-order valence-corrected chi connectivity index (χ0v) is 16.5. The maximum atomic E-state index is 11.1. The summed E-state index contributed by atoms with van der Waals surface area (Å²) in [5.41, 5.74) is 1.04. The SMILES string of the molecule is COc1cc2ccnc(C(O)c3cc(OC)c(OC)c(OC)c3)c2cc1OC. The molecule has 0 saturated heterocycles. The van der Waals surface area contributed by atoms with Crippen LogP contribution in [0.3, 0.4) is 0 Å². The van der Waals surface area contributed by atoms with Crippen molar-refractivity contribution in [3.63, 3.8) is 0 Å². The van der Waals surface area contributed by atoms with E-state index < -0.39 is 6.10 Å². The molecule has 7 nitrogen and oxygen atoms in total. The van der Waals surface area contributed by atoms with E-state index in [2.05, 4.69) is 4.98 Å². The molecule has 1 atom stereocenters. The molecule has 0 aliphatic heterocycles. The molecule has 1 N–H and O–H groups in total. The predicted molar refractivity (Wildman–Crippen MR) is 105 cm³/mol. The van der Waals surface area contributed by atoms with Crippen LogP contribution in [0.5, 0.6) is 28.7 Å². The van der Waals surface area contributed by atoms with Crippen LogP contribution >= 0.6 is 0 Å². The second-order valence-electron chi connectivity index (χ2n) is 5.99. The fraction of sp³-hybridized carbons (Fsp3) is 0.286. The maximum Gasteiger partial charge on any atom is 0.203 e. The van der Waals surface area contributed by atoms with Crippen molar-refractivity contribution in [3.8, 4) is 28.7 Å². The van der Waals surface area contributed by atoms with E-state index in [1.807, 2.05) is 12.1 Å². The van der Waals surface area contributed by atoms with Crippen molar-refractivity contribution in [2.75, 3.05) is 35.5 Å². The second-order valence-corrected chi connectivity index (χ2v) is 5.99. The lowest BCUT2D eigenvalue weighted by molar-refractivity contribution is 0.215. The molecule has 2 aromatic carbocycles. The number of rotatable bonds is 7. The van der Waals surface area contributed by atoms with Crippen molar-refractivity contribution < 1.29 is 28.8 Å². The molecule has 3 aromatic rings. The minimum absolute atomic E-state index is 0.454. The van der Waals surface area contributed by atoms with Gasteiger partial charge in [0.2, 0.25) is 5.75 Å². The Labute approximate surface area is 163 Å². The smallest absolute Gasteiger partial charge is 0.203 e. The Morgan fingerprint density at radius 1 is 0.750 bits per heavy atom. The summed E-state index contributed by atoms with van der Waals surface area (Å²) in [6.07, 6.45) is 0.626. The van der Waals surface area contributed by atoms with Crippen LogP contribution in [-0.2, 0) is 0 Å². The maximum absolute atomic E-state index is 11.1. The van der Waals surface area contributed by atoms with E-state index in [4.69, 9.17) is 23.7 Å². The minimum atomic E-state index is -1.02. The Kier molecular flexibility index (Phi) is 5.75. The predicted octanol–water partition coefficient (Wildman–Crippen LogP) is 3.36. The number of fused-ring (bicyclic) bond motifs is 1. The Hall–Kier alpha value is -3.19. The number of nitrogens with zero attached hydrogens (tertiary/aromatic N) is 1. The number of aromatic nitrogens is 1. The van der Waals surface area contributed by atoms with Crippen molar-refractivity contribution in [2.45, 2.75) is 6.10 Å². The lowest BCUT2D eigenvalue weighted by atomic mass is 9.99. The Morgan fingerprint density at radius 2 is 1.32 bits per heavy atom. The summed E-state index contributed by atoms with van der Waals surface area (Å²) in [6.45, 7) is 0. The summed E-state index contributed by atoms with van der Waals surface area (Å²) < 4.78 is 26.9. The highest BCUT2D eigenvalue weighted by Crippen LogP contribution is 2.42. The standard InChI is InChI=1S/C21H23NO6/c1-24-15-8-12-6-7-22-19(14(12)11-16(15)25-2)20(23)13-9-17(26-3)21(28-5)18(10-13)27-4/h6-11,20,23H,1-5H3. The van der Waals surface area contributed by atoms with Gasteiger partial charge in [0.25, 0.3) is 0 Å². The van der Waals surface area contributed by atoms with E-state index in [-0.39, 0.29) is 0 Å². The highest BCUT2D eigenvalue weighted by atomic mass is 16.5. The molecule has 28 heavy (non-hydrogen) atoms. The van der Waals surface area contributed by atoms with Crippen LogP contribution in [0.4, 0.5) is 0 Å². The molecule has 7 heteroatoms. The van der Waals surface area contributed by atoms with Crippen LogP contribution in [0.1, 0.15) is 17.4 Å². The number of pyridine rings is 1. The van der Waals surface area contributed by atoms with Crippen molar-refractivity contribution >= 4 is 10.8 Å². The molecule has 1 heterocycles. The number of ether oxygens (including phenoxy) is 5. The summed E-state index contributed by atoms with van der Waals surface area (Å²) >= 11 is 0. The lowest BCUT2D eigenvalue weighted by Crippen LogP contribution is -2.05. The van der Waals surface area contributed by atoms with Crippen molar-refractivity contribution in [3.05, 3.63) is 47.8 Å². The summed E-state index contributed by atoms with van der Waals surface area (Å²) in [7, 11) is 7.73. The van der Waals surface area contributed by atoms with Crippen LogP contribution < -0.4 is 23.7 Å². The van der Waals surface area contributed by atoms with E-state index >= 15 is 0 Å². The molecule has 1 aromatic heterocycles. The first-order valence-electron chi connectivity index (χ1n) is 8.56. The van der Waals surface area contributed by atoms with E-state index in [0.29, 0.717) is 40.0 Å². The average Bonchev–Trinajstić information content (AvgIpc) is 2.75. The summed E-state index contributed by atoms with van der Waals surface area (Å²) in [5, 5.41) is 12.7. The number of hydrogen-bond donors (Lipinski definition) is 1. The van der Waals surface area contributed by atoms with Gasteiger partial charge in [0.1, 0.15) is 6.10 Å². The van der Waals surface area contributed by atoms with Gasteiger partial charge < -0.3 is 28.8 Å². The second kappa shape index (κ2) is 8.22. The molecule has 0 saturated carbocycles. The first kappa shape index (κ1) is 19.6. The van der Waals surface area contributed by atoms with Crippen molar-refractivity contribution in [2.24, 2.45) is 0 Å². The molecule has 3 rings (SSSR count). The van der Waals surface area contributed by atoms with Gasteiger partial charge in [-0.3, -0.25) is 4.98 Å². The quantitative estimate of drug-likeness (QED) is 0.668.